The van der Waals surface area contributed by atoms with Crippen LogP contribution in [0.4, 0.5) is 4.79 Å². The van der Waals surface area contributed by atoms with Crippen molar-refractivity contribution < 1.29 is 38.1 Å². The van der Waals surface area contributed by atoms with Crippen LogP contribution in [0.15, 0.2) is 12.2 Å². The minimum absolute atomic E-state index is 0.108. The van der Waals surface area contributed by atoms with Crippen LogP contribution in [0.1, 0.15) is 27.7 Å². The third-order valence-corrected chi connectivity index (χ3v) is 3.57. The van der Waals surface area contributed by atoms with Crippen LogP contribution in [0.25, 0.3) is 0 Å². The molecule has 1 rings (SSSR count). The first kappa shape index (κ1) is 21.5. The van der Waals surface area contributed by atoms with Gasteiger partial charge in [-0.25, -0.2) is 14.4 Å². The number of esters is 3. The molecule has 0 spiro atoms. The molecule has 0 aromatic rings. The standard InChI is InChI=1S/C17H25NO8/c1-11(19)25-17(13(20)23-5,14(21)24-6)12-8-7-9-18(10-12)15(22)26-16(2,3)4/h7-8,12H,9-10H2,1-6H3/t12-/m0/s1. The minimum atomic E-state index is -2.35. The summed E-state index contributed by atoms with van der Waals surface area (Å²) in [4.78, 5) is 50.0. The summed E-state index contributed by atoms with van der Waals surface area (Å²) in [5.41, 5.74) is -3.07. The number of hydrogen-bond acceptors (Lipinski definition) is 8. The Morgan fingerprint density at radius 1 is 1.00 bits per heavy atom. The first-order valence-electron chi connectivity index (χ1n) is 7.99. The summed E-state index contributed by atoms with van der Waals surface area (Å²) < 4.78 is 19.8. The number of carbonyl (C=O) groups excluding carboxylic acids is 4. The summed E-state index contributed by atoms with van der Waals surface area (Å²) >= 11 is 0. The normalized spacial score (nSPS) is 17.3. The van der Waals surface area contributed by atoms with Crippen LogP contribution in [-0.2, 0) is 33.3 Å². The lowest BCUT2D eigenvalue weighted by molar-refractivity contribution is -0.199. The molecule has 0 aromatic heterocycles. The molecule has 1 amide bonds. The second-order valence-corrected chi connectivity index (χ2v) is 6.73. The summed E-state index contributed by atoms with van der Waals surface area (Å²) in [5, 5.41) is 0. The lowest BCUT2D eigenvalue weighted by Crippen LogP contribution is -2.60. The zero-order valence-corrected chi connectivity index (χ0v) is 15.9. The van der Waals surface area contributed by atoms with E-state index < -0.39 is 41.1 Å². The van der Waals surface area contributed by atoms with E-state index in [1.165, 1.54) is 11.0 Å². The van der Waals surface area contributed by atoms with Gasteiger partial charge in [-0.1, -0.05) is 12.2 Å². The minimum Gasteiger partial charge on any atom is -0.466 e. The van der Waals surface area contributed by atoms with Crippen LogP contribution < -0.4 is 0 Å². The molecule has 0 aliphatic carbocycles. The Morgan fingerprint density at radius 2 is 1.54 bits per heavy atom. The van der Waals surface area contributed by atoms with E-state index in [4.69, 9.17) is 9.47 Å². The van der Waals surface area contributed by atoms with E-state index in [9.17, 15) is 19.2 Å². The molecular formula is C17H25NO8. The van der Waals surface area contributed by atoms with Crippen LogP contribution in [-0.4, -0.2) is 67.4 Å². The Balaban J connectivity index is 3.25. The molecule has 0 saturated carbocycles. The zero-order valence-electron chi connectivity index (χ0n) is 15.9. The van der Waals surface area contributed by atoms with Crippen LogP contribution in [0.2, 0.25) is 0 Å². The van der Waals surface area contributed by atoms with Gasteiger partial charge in [-0.15, -0.1) is 0 Å². The second kappa shape index (κ2) is 8.20. The maximum atomic E-state index is 12.4. The summed E-state index contributed by atoms with van der Waals surface area (Å²) in [6, 6.07) is 0. The summed E-state index contributed by atoms with van der Waals surface area (Å²) in [7, 11) is 2.11. The third-order valence-electron chi connectivity index (χ3n) is 3.57. The van der Waals surface area contributed by atoms with E-state index in [1.807, 2.05) is 0 Å². The number of rotatable bonds is 4. The number of methoxy groups -OCH3 is 2. The van der Waals surface area contributed by atoms with Crippen molar-refractivity contribution in [2.45, 2.75) is 38.9 Å². The van der Waals surface area contributed by atoms with Crippen molar-refractivity contribution in [3.63, 3.8) is 0 Å². The molecule has 0 saturated heterocycles. The number of carbonyl (C=O) groups is 4. The zero-order chi connectivity index (χ0) is 20.1. The van der Waals surface area contributed by atoms with Gasteiger partial charge >= 0.3 is 29.6 Å². The van der Waals surface area contributed by atoms with E-state index in [-0.39, 0.29) is 13.1 Å². The first-order chi connectivity index (χ1) is 12.0. The van der Waals surface area contributed by atoms with Gasteiger partial charge < -0.3 is 23.8 Å². The van der Waals surface area contributed by atoms with E-state index in [2.05, 4.69) is 9.47 Å². The van der Waals surface area contributed by atoms with Crippen molar-refractivity contribution in [3.05, 3.63) is 12.2 Å². The molecule has 0 fully saturated rings. The molecule has 0 aromatic carbocycles. The summed E-state index contributed by atoms with van der Waals surface area (Å²) in [6.45, 7) is 6.31. The van der Waals surface area contributed by atoms with Crippen molar-refractivity contribution in [1.82, 2.24) is 4.90 Å². The van der Waals surface area contributed by atoms with Gasteiger partial charge in [-0.2, -0.15) is 0 Å². The Bertz CT molecular complexity index is 588. The Labute approximate surface area is 152 Å². The van der Waals surface area contributed by atoms with Gasteiger partial charge in [0.25, 0.3) is 0 Å². The fourth-order valence-corrected chi connectivity index (χ4v) is 2.54. The van der Waals surface area contributed by atoms with Crippen LogP contribution in [0, 0.1) is 5.92 Å². The van der Waals surface area contributed by atoms with E-state index in [1.54, 1.807) is 26.8 Å². The van der Waals surface area contributed by atoms with Gasteiger partial charge in [-0.05, 0) is 20.8 Å². The summed E-state index contributed by atoms with van der Waals surface area (Å²) in [5.74, 6) is -4.07. The predicted octanol–water partition coefficient (Wildman–Crippen LogP) is 1.06. The topological polar surface area (TPSA) is 108 Å². The maximum Gasteiger partial charge on any atom is 0.410 e. The first-order valence-corrected chi connectivity index (χ1v) is 7.99. The average Bonchev–Trinajstić information content (AvgIpc) is 2.56. The summed E-state index contributed by atoms with van der Waals surface area (Å²) in [6.07, 6.45) is 2.46. The molecule has 0 bridgehead atoms. The quantitative estimate of drug-likeness (QED) is 0.312. The third kappa shape index (κ3) is 4.74. The molecule has 1 aliphatic heterocycles. The number of ether oxygens (including phenoxy) is 4. The van der Waals surface area contributed by atoms with Crippen molar-refractivity contribution >= 4 is 24.0 Å². The van der Waals surface area contributed by atoms with Gasteiger partial charge in [0.15, 0.2) is 0 Å². The molecule has 0 radical (unpaired) electrons. The lowest BCUT2D eigenvalue weighted by atomic mass is 9.84. The van der Waals surface area contributed by atoms with Crippen LogP contribution in [0.3, 0.4) is 0 Å². The average molecular weight is 371 g/mol. The molecule has 0 N–H and O–H groups in total. The highest BCUT2D eigenvalue weighted by atomic mass is 16.6. The fourth-order valence-electron chi connectivity index (χ4n) is 2.54. The SMILES string of the molecule is COC(=O)C(OC(C)=O)(C(=O)OC)[C@H]1C=CCN(C(=O)OC(C)(C)C)C1. The van der Waals surface area contributed by atoms with Crippen molar-refractivity contribution in [2.75, 3.05) is 27.3 Å². The van der Waals surface area contributed by atoms with Crippen molar-refractivity contribution in [1.29, 1.82) is 0 Å². The van der Waals surface area contributed by atoms with Crippen molar-refractivity contribution in [2.24, 2.45) is 5.92 Å². The van der Waals surface area contributed by atoms with E-state index in [0.29, 0.717) is 0 Å². The van der Waals surface area contributed by atoms with E-state index >= 15 is 0 Å². The number of hydrogen-bond donors (Lipinski definition) is 0. The molecular weight excluding hydrogens is 346 g/mol. The second-order valence-electron chi connectivity index (χ2n) is 6.73. The molecule has 0 unspecified atom stereocenters. The van der Waals surface area contributed by atoms with Gasteiger partial charge in [-0.3, -0.25) is 4.79 Å². The molecule has 9 heteroatoms. The lowest BCUT2D eigenvalue weighted by Gasteiger charge is -2.38. The molecule has 146 valence electrons. The highest BCUT2D eigenvalue weighted by Crippen LogP contribution is 2.31. The Hall–Kier alpha value is -2.58. The molecule has 1 aliphatic rings. The van der Waals surface area contributed by atoms with Gasteiger partial charge in [0.05, 0.1) is 20.1 Å². The van der Waals surface area contributed by atoms with Crippen LogP contribution >= 0.6 is 0 Å². The Morgan fingerprint density at radius 3 is 1.96 bits per heavy atom. The maximum absolute atomic E-state index is 12.4. The predicted molar refractivity (Wildman–Crippen MR) is 89.0 cm³/mol. The van der Waals surface area contributed by atoms with Crippen molar-refractivity contribution in [3.8, 4) is 0 Å². The molecule has 1 atom stereocenters. The monoisotopic (exact) mass is 371 g/mol. The largest absolute Gasteiger partial charge is 0.466 e. The fraction of sp³-hybridized carbons (Fsp3) is 0.647. The highest BCUT2D eigenvalue weighted by Gasteiger charge is 2.58. The molecule has 26 heavy (non-hydrogen) atoms. The Kier molecular flexibility index (Phi) is 6.77. The van der Waals surface area contributed by atoms with Gasteiger partial charge in [0.1, 0.15) is 5.60 Å². The number of nitrogens with zero attached hydrogens (tertiary/aromatic N) is 1. The van der Waals surface area contributed by atoms with Crippen LogP contribution in [0.5, 0.6) is 0 Å². The molecule has 1 heterocycles. The number of amides is 1. The van der Waals surface area contributed by atoms with Gasteiger partial charge in [0, 0.05) is 20.0 Å². The smallest absolute Gasteiger partial charge is 0.410 e. The van der Waals surface area contributed by atoms with E-state index in [0.717, 1.165) is 21.1 Å². The molecule has 9 nitrogen and oxygen atoms in total. The highest BCUT2D eigenvalue weighted by molar-refractivity contribution is 6.06. The van der Waals surface area contributed by atoms with Gasteiger partial charge in [0.2, 0.25) is 0 Å².